The van der Waals surface area contributed by atoms with Crippen molar-refractivity contribution in [2.75, 3.05) is 26.2 Å². The number of hydrogen-bond donors (Lipinski definition) is 1. The molecule has 1 aromatic carbocycles. The molecule has 0 radical (unpaired) electrons. The number of nitrogens with zero attached hydrogens (tertiary/aromatic N) is 1. The van der Waals surface area contributed by atoms with E-state index in [2.05, 4.69) is 5.32 Å². The number of nitrogens with one attached hydrogen (secondary N) is 1. The zero-order chi connectivity index (χ0) is 14.0. The van der Waals surface area contributed by atoms with Crippen LogP contribution in [0.25, 0.3) is 0 Å². The molecule has 0 amide bonds. The van der Waals surface area contributed by atoms with Gasteiger partial charge >= 0.3 is 0 Å². The van der Waals surface area contributed by atoms with Gasteiger partial charge in [0.15, 0.2) is 0 Å². The maximum atomic E-state index is 12.8. The highest BCUT2D eigenvalue weighted by atomic mass is 32.2. The smallest absolute Gasteiger partial charge is 0.243 e. The van der Waals surface area contributed by atoms with E-state index in [9.17, 15) is 8.42 Å². The Morgan fingerprint density at radius 2 is 1.68 bits per heavy atom. The molecule has 0 aromatic heterocycles. The van der Waals surface area contributed by atoms with Gasteiger partial charge in [0, 0.05) is 19.6 Å². The molecule has 0 saturated carbocycles. The van der Waals surface area contributed by atoms with Crippen molar-refractivity contribution in [3.8, 4) is 0 Å². The van der Waals surface area contributed by atoms with Crippen LogP contribution in [0.1, 0.15) is 23.1 Å². The van der Waals surface area contributed by atoms with E-state index in [1.807, 2.05) is 32.9 Å². The Morgan fingerprint density at radius 1 is 1.05 bits per heavy atom. The van der Waals surface area contributed by atoms with Crippen LogP contribution < -0.4 is 5.32 Å². The van der Waals surface area contributed by atoms with E-state index < -0.39 is 10.0 Å². The third-order valence-corrected chi connectivity index (χ3v) is 5.71. The molecule has 0 atom stereocenters. The Kier molecular flexibility index (Phi) is 4.28. The molecule has 1 N–H and O–H groups in total. The number of benzene rings is 1. The highest BCUT2D eigenvalue weighted by Crippen LogP contribution is 2.25. The van der Waals surface area contributed by atoms with Crippen molar-refractivity contribution in [3.63, 3.8) is 0 Å². The molecule has 1 fully saturated rings. The van der Waals surface area contributed by atoms with Crippen LogP contribution in [0.15, 0.2) is 17.0 Å². The van der Waals surface area contributed by atoms with Crippen molar-refractivity contribution in [2.45, 2.75) is 32.1 Å². The molecule has 19 heavy (non-hydrogen) atoms. The minimum atomic E-state index is -3.37. The van der Waals surface area contributed by atoms with Gasteiger partial charge in [0.25, 0.3) is 0 Å². The van der Waals surface area contributed by atoms with E-state index in [1.54, 1.807) is 4.31 Å². The van der Waals surface area contributed by atoms with Crippen LogP contribution in [0.2, 0.25) is 0 Å². The second kappa shape index (κ2) is 5.61. The normalized spacial score (nSPS) is 18.3. The fraction of sp³-hybridized carbons (Fsp3) is 0.571. The summed E-state index contributed by atoms with van der Waals surface area (Å²) in [6.45, 7) is 8.51. The fourth-order valence-corrected chi connectivity index (χ4v) is 4.66. The quantitative estimate of drug-likeness (QED) is 0.896. The maximum Gasteiger partial charge on any atom is 0.243 e. The summed E-state index contributed by atoms with van der Waals surface area (Å²) >= 11 is 0. The van der Waals surface area contributed by atoms with E-state index >= 15 is 0 Å². The van der Waals surface area contributed by atoms with E-state index in [1.165, 1.54) is 0 Å². The van der Waals surface area contributed by atoms with Gasteiger partial charge in [-0.15, -0.1) is 0 Å². The van der Waals surface area contributed by atoms with E-state index in [-0.39, 0.29) is 0 Å². The first-order chi connectivity index (χ1) is 8.93. The van der Waals surface area contributed by atoms with Gasteiger partial charge in [-0.2, -0.15) is 4.31 Å². The Bertz CT molecular complexity index is 536. The summed E-state index contributed by atoms with van der Waals surface area (Å²) in [7, 11) is -3.37. The monoisotopic (exact) mass is 282 g/mol. The van der Waals surface area contributed by atoms with Gasteiger partial charge in [-0.3, -0.25) is 0 Å². The highest BCUT2D eigenvalue weighted by molar-refractivity contribution is 7.89. The molecule has 1 saturated heterocycles. The Morgan fingerprint density at radius 3 is 2.32 bits per heavy atom. The van der Waals surface area contributed by atoms with Gasteiger partial charge in [0.05, 0.1) is 4.90 Å². The van der Waals surface area contributed by atoms with E-state index in [0.29, 0.717) is 18.0 Å². The highest BCUT2D eigenvalue weighted by Gasteiger charge is 2.28. The van der Waals surface area contributed by atoms with Crippen LogP contribution in [-0.4, -0.2) is 38.9 Å². The van der Waals surface area contributed by atoms with Crippen LogP contribution in [0.3, 0.4) is 0 Å². The van der Waals surface area contributed by atoms with Crippen LogP contribution >= 0.6 is 0 Å². The molecule has 106 valence electrons. The minimum absolute atomic E-state index is 0.486. The second-order valence-corrected chi connectivity index (χ2v) is 7.11. The molecule has 0 aliphatic carbocycles. The zero-order valence-corrected chi connectivity index (χ0v) is 12.7. The molecule has 0 unspecified atom stereocenters. The Hall–Kier alpha value is -0.910. The zero-order valence-electron chi connectivity index (χ0n) is 11.9. The van der Waals surface area contributed by atoms with E-state index in [0.717, 1.165) is 36.2 Å². The molecular formula is C14H22N2O2S. The molecular weight excluding hydrogens is 260 g/mol. The molecule has 1 aliphatic rings. The van der Waals surface area contributed by atoms with Crippen LogP contribution in [0.5, 0.6) is 0 Å². The summed E-state index contributed by atoms with van der Waals surface area (Å²) in [5, 5.41) is 3.23. The number of sulfonamides is 1. The number of rotatable bonds is 2. The first-order valence-corrected chi connectivity index (χ1v) is 8.15. The fourth-order valence-electron chi connectivity index (χ4n) is 2.76. The largest absolute Gasteiger partial charge is 0.315 e. The summed E-state index contributed by atoms with van der Waals surface area (Å²) < 4.78 is 27.2. The first kappa shape index (κ1) is 14.5. The molecule has 1 heterocycles. The standard InChI is InChI=1S/C14H22N2O2S/c1-11-9-12(2)14(13(3)10-11)19(17,18)16-7-4-5-15-6-8-16/h9-10,15H,4-8H2,1-3H3. The maximum absolute atomic E-state index is 12.8. The lowest BCUT2D eigenvalue weighted by molar-refractivity contribution is 0.431. The summed E-state index contributed by atoms with van der Waals surface area (Å²) in [6, 6.07) is 3.88. The SMILES string of the molecule is Cc1cc(C)c(S(=O)(=O)N2CCCNCC2)c(C)c1. The molecule has 4 nitrogen and oxygen atoms in total. The molecule has 2 rings (SSSR count). The lowest BCUT2D eigenvalue weighted by Crippen LogP contribution is -2.35. The molecule has 5 heteroatoms. The Balaban J connectivity index is 2.44. The first-order valence-electron chi connectivity index (χ1n) is 6.71. The number of aryl methyl sites for hydroxylation is 3. The van der Waals surface area contributed by atoms with Gasteiger partial charge in [-0.25, -0.2) is 8.42 Å². The van der Waals surface area contributed by atoms with E-state index in [4.69, 9.17) is 0 Å². The summed E-state index contributed by atoms with van der Waals surface area (Å²) in [6.07, 6.45) is 0.864. The van der Waals surface area contributed by atoms with Crippen molar-refractivity contribution >= 4 is 10.0 Å². The van der Waals surface area contributed by atoms with Crippen molar-refractivity contribution < 1.29 is 8.42 Å². The van der Waals surface area contributed by atoms with Crippen LogP contribution in [0, 0.1) is 20.8 Å². The van der Waals surface area contributed by atoms with Crippen molar-refractivity contribution in [3.05, 3.63) is 28.8 Å². The summed E-state index contributed by atoms with van der Waals surface area (Å²) in [4.78, 5) is 0.486. The lowest BCUT2D eigenvalue weighted by atomic mass is 10.1. The topological polar surface area (TPSA) is 49.4 Å². The third kappa shape index (κ3) is 2.99. The Labute approximate surface area is 115 Å². The third-order valence-electron chi connectivity index (χ3n) is 3.50. The van der Waals surface area contributed by atoms with Gasteiger partial charge in [-0.05, 0) is 44.9 Å². The van der Waals surface area contributed by atoms with Crippen molar-refractivity contribution in [1.29, 1.82) is 0 Å². The summed E-state index contributed by atoms with van der Waals surface area (Å²) in [5.41, 5.74) is 2.79. The van der Waals surface area contributed by atoms with Crippen molar-refractivity contribution in [1.82, 2.24) is 9.62 Å². The predicted molar refractivity (Wildman–Crippen MR) is 76.9 cm³/mol. The van der Waals surface area contributed by atoms with Crippen LogP contribution in [0.4, 0.5) is 0 Å². The molecule has 0 bridgehead atoms. The van der Waals surface area contributed by atoms with Gasteiger partial charge in [0.2, 0.25) is 10.0 Å². The summed E-state index contributed by atoms with van der Waals surface area (Å²) in [5.74, 6) is 0. The second-order valence-electron chi connectivity index (χ2n) is 5.24. The average Bonchev–Trinajstić information content (AvgIpc) is 2.55. The van der Waals surface area contributed by atoms with Gasteiger partial charge < -0.3 is 5.32 Å². The molecule has 1 aromatic rings. The van der Waals surface area contributed by atoms with Crippen LogP contribution in [-0.2, 0) is 10.0 Å². The van der Waals surface area contributed by atoms with Gasteiger partial charge in [0.1, 0.15) is 0 Å². The number of hydrogen-bond acceptors (Lipinski definition) is 3. The molecule has 1 aliphatic heterocycles. The molecule has 0 spiro atoms. The predicted octanol–water partition coefficient (Wildman–Crippen LogP) is 1.60. The van der Waals surface area contributed by atoms with Gasteiger partial charge in [-0.1, -0.05) is 17.7 Å². The lowest BCUT2D eigenvalue weighted by Gasteiger charge is -2.22. The average molecular weight is 282 g/mol. The van der Waals surface area contributed by atoms with Crippen molar-refractivity contribution in [2.24, 2.45) is 0 Å². The minimum Gasteiger partial charge on any atom is -0.315 e.